The van der Waals surface area contributed by atoms with E-state index >= 15 is 0 Å². The van der Waals surface area contributed by atoms with Crippen LogP contribution in [0.5, 0.6) is 0 Å². The number of rotatable bonds is 4. The Morgan fingerprint density at radius 2 is 2.26 bits per heavy atom. The van der Waals surface area contributed by atoms with Crippen LogP contribution < -0.4 is 11.1 Å². The highest BCUT2D eigenvalue weighted by Gasteiger charge is 2.20. The Kier molecular flexibility index (Phi) is 6.91. The van der Waals surface area contributed by atoms with Gasteiger partial charge in [-0.15, -0.1) is 0 Å². The summed E-state index contributed by atoms with van der Waals surface area (Å²) in [6.45, 7) is 3.27. The van der Waals surface area contributed by atoms with Crippen LogP contribution in [0, 0.1) is 17.1 Å². The molecule has 1 atom stereocenters. The molecule has 0 aromatic heterocycles. The molecular weight excluding hydrogens is 349 g/mol. The molecule has 0 radical (unpaired) electrons. The minimum absolute atomic E-state index is 0.0548. The third kappa shape index (κ3) is 5.53. The van der Waals surface area contributed by atoms with Crippen molar-refractivity contribution in [2.24, 2.45) is 5.73 Å². The number of piperidine rings is 1. The third-order valence-corrected chi connectivity index (χ3v) is 4.54. The SMILES string of the molecule is C/C(=C\C(=O)N(C)C(=O)NCc1cc(F)ccc1C#N)N1CCC[C@@H](N)C1. The fourth-order valence-electron chi connectivity index (χ4n) is 2.90. The Morgan fingerprint density at radius 1 is 1.52 bits per heavy atom. The Labute approximate surface area is 158 Å². The summed E-state index contributed by atoms with van der Waals surface area (Å²) in [6.07, 6.45) is 3.33. The summed E-state index contributed by atoms with van der Waals surface area (Å²) < 4.78 is 13.3. The molecule has 3 amide bonds. The first-order valence-corrected chi connectivity index (χ1v) is 8.74. The number of hydrogen-bond donors (Lipinski definition) is 2. The Hall–Kier alpha value is -2.92. The lowest BCUT2D eigenvalue weighted by atomic mass is 10.1. The molecule has 0 aliphatic carbocycles. The molecule has 0 saturated carbocycles. The van der Waals surface area contributed by atoms with Crippen molar-refractivity contribution in [3.63, 3.8) is 0 Å². The highest BCUT2D eigenvalue weighted by Crippen LogP contribution is 2.14. The summed E-state index contributed by atoms with van der Waals surface area (Å²) >= 11 is 0. The molecule has 1 aliphatic heterocycles. The van der Waals surface area contributed by atoms with Gasteiger partial charge in [-0.2, -0.15) is 5.26 Å². The zero-order valence-electron chi connectivity index (χ0n) is 15.5. The molecule has 1 aliphatic rings. The molecule has 0 spiro atoms. The van der Waals surface area contributed by atoms with Gasteiger partial charge in [0.05, 0.1) is 11.6 Å². The van der Waals surface area contributed by atoms with Gasteiger partial charge >= 0.3 is 6.03 Å². The number of nitrogens with one attached hydrogen (secondary N) is 1. The van der Waals surface area contributed by atoms with Crippen molar-refractivity contribution in [3.05, 3.63) is 46.9 Å². The number of imide groups is 1. The number of amides is 3. The molecule has 1 heterocycles. The van der Waals surface area contributed by atoms with Crippen LogP contribution in [0.4, 0.5) is 9.18 Å². The van der Waals surface area contributed by atoms with E-state index in [4.69, 9.17) is 11.0 Å². The fraction of sp³-hybridized carbons (Fsp3) is 0.421. The van der Waals surface area contributed by atoms with E-state index in [0.29, 0.717) is 12.1 Å². The van der Waals surface area contributed by atoms with E-state index in [1.54, 1.807) is 0 Å². The minimum Gasteiger partial charge on any atom is -0.373 e. The fourth-order valence-corrected chi connectivity index (χ4v) is 2.90. The molecule has 0 unspecified atom stereocenters. The molecule has 1 aromatic carbocycles. The zero-order chi connectivity index (χ0) is 20.0. The number of urea groups is 1. The first-order valence-electron chi connectivity index (χ1n) is 8.74. The van der Waals surface area contributed by atoms with Crippen molar-refractivity contribution in [2.45, 2.75) is 32.4 Å². The van der Waals surface area contributed by atoms with Crippen molar-refractivity contribution in [2.75, 3.05) is 20.1 Å². The molecule has 0 bridgehead atoms. The molecule has 8 heteroatoms. The maximum atomic E-state index is 13.3. The number of likely N-dealkylation sites (N-methyl/N-ethyl adjacent to an activating group) is 1. The molecule has 3 N–H and O–H groups in total. The van der Waals surface area contributed by atoms with E-state index in [2.05, 4.69) is 5.32 Å². The van der Waals surface area contributed by atoms with E-state index in [9.17, 15) is 14.0 Å². The lowest BCUT2D eigenvalue weighted by Gasteiger charge is -2.33. The molecule has 27 heavy (non-hydrogen) atoms. The second-order valence-electron chi connectivity index (χ2n) is 6.60. The smallest absolute Gasteiger partial charge is 0.324 e. The number of carbonyl (C=O) groups is 2. The molecule has 7 nitrogen and oxygen atoms in total. The number of nitrogens with zero attached hydrogens (tertiary/aromatic N) is 3. The standard InChI is InChI=1S/C19H24FN5O2/c1-13(25-7-3-4-17(22)12-25)8-18(26)24(2)19(27)23-11-15-9-16(20)6-5-14(15)10-21/h5-6,8-9,17H,3-4,7,11-12,22H2,1-2H3,(H,23,27)/b13-8+/t17-/m1/s1. The summed E-state index contributed by atoms with van der Waals surface area (Å²) in [4.78, 5) is 27.5. The lowest BCUT2D eigenvalue weighted by Crippen LogP contribution is -2.43. The zero-order valence-corrected chi connectivity index (χ0v) is 15.5. The molecule has 2 rings (SSSR count). The number of halogens is 1. The summed E-state index contributed by atoms with van der Waals surface area (Å²) in [6, 6.07) is 5.10. The van der Waals surface area contributed by atoms with E-state index in [1.807, 2.05) is 17.9 Å². The molecule has 1 fully saturated rings. The van der Waals surface area contributed by atoms with Crippen LogP contribution in [0.2, 0.25) is 0 Å². The van der Waals surface area contributed by atoms with Gasteiger partial charge < -0.3 is 16.0 Å². The van der Waals surface area contributed by atoms with E-state index in [0.717, 1.165) is 30.0 Å². The number of hydrogen-bond acceptors (Lipinski definition) is 5. The summed E-state index contributed by atoms with van der Waals surface area (Å²) in [5, 5.41) is 11.6. The number of benzene rings is 1. The Balaban J connectivity index is 1.96. The van der Waals surface area contributed by atoms with Gasteiger partial charge in [0.15, 0.2) is 0 Å². The number of allylic oxidation sites excluding steroid dienone is 1. The van der Waals surface area contributed by atoms with E-state index in [-0.39, 0.29) is 18.2 Å². The van der Waals surface area contributed by atoms with Crippen LogP contribution >= 0.6 is 0 Å². The van der Waals surface area contributed by atoms with Crippen molar-refractivity contribution in [1.82, 2.24) is 15.1 Å². The van der Waals surface area contributed by atoms with Crippen LogP contribution in [-0.2, 0) is 11.3 Å². The average molecular weight is 373 g/mol. The predicted molar refractivity (Wildman–Crippen MR) is 98.7 cm³/mol. The maximum Gasteiger partial charge on any atom is 0.324 e. The highest BCUT2D eigenvalue weighted by atomic mass is 19.1. The quantitative estimate of drug-likeness (QED) is 0.782. The van der Waals surface area contributed by atoms with Gasteiger partial charge in [0.2, 0.25) is 0 Å². The van der Waals surface area contributed by atoms with Gasteiger partial charge in [0, 0.05) is 44.5 Å². The van der Waals surface area contributed by atoms with Crippen LogP contribution in [0.25, 0.3) is 0 Å². The minimum atomic E-state index is -0.632. The van der Waals surface area contributed by atoms with Gasteiger partial charge in [-0.25, -0.2) is 9.18 Å². The van der Waals surface area contributed by atoms with Crippen LogP contribution in [0.3, 0.4) is 0 Å². The lowest BCUT2D eigenvalue weighted by molar-refractivity contribution is -0.122. The second kappa shape index (κ2) is 9.14. The summed E-state index contributed by atoms with van der Waals surface area (Å²) in [5.41, 5.74) is 7.32. The topological polar surface area (TPSA) is 102 Å². The van der Waals surface area contributed by atoms with Crippen molar-refractivity contribution in [1.29, 1.82) is 5.26 Å². The number of likely N-dealkylation sites (tertiary alicyclic amines) is 1. The normalized spacial score (nSPS) is 17.2. The van der Waals surface area contributed by atoms with Gasteiger partial charge in [-0.3, -0.25) is 9.69 Å². The summed E-state index contributed by atoms with van der Waals surface area (Å²) in [5.74, 6) is -0.968. The van der Waals surface area contributed by atoms with Gasteiger partial charge in [-0.05, 0) is 43.5 Å². The largest absolute Gasteiger partial charge is 0.373 e. The predicted octanol–water partition coefficient (Wildman–Crippen LogP) is 1.69. The van der Waals surface area contributed by atoms with Gasteiger partial charge in [0.25, 0.3) is 5.91 Å². The molecule has 144 valence electrons. The number of nitriles is 1. The maximum absolute atomic E-state index is 13.3. The van der Waals surface area contributed by atoms with E-state index < -0.39 is 17.8 Å². The first kappa shape index (κ1) is 20.4. The molecule has 1 aromatic rings. The van der Waals surface area contributed by atoms with E-state index in [1.165, 1.54) is 31.3 Å². The van der Waals surface area contributed by atoms with Crippen molar-refractivity contribution < 1.29 is 14.0 Å². The Bertz CT molecular complexity index is 787. The van der Waals surface area contributed by atoms with Crippen molar-refractivity contribution >= 4 is 11.9 Å². The Morgan fingerprint density at radius 3 is 2.93 bits per heavy atom. The van der Waals surface area contributed by atoms with Gasteiger partial charge in [-0.1, -0.05) is 0 Å². The molecule has 1 saturated heterocycles. The van der Waals surface area contributed by atoms with Crippen LogP contribution in [-0.4, -0.2) is 47.9 Å². The average Bonchev–Trinajstić information content (AvgIpc) is 2.65. The highest BCUT2D eigenvalue weighted by molar-refractivity contribution is 6.00. The monoisotopic (exact) mass is 373 g/mol. The second-order valence-corrected chi connectivity index (χ2v) is 6.60. The van der Waals surface area contributed by atoms with Gasteiger partial charge in [0.1, 0.15) is 5.82 Å². The third-order valence-electron chi connectivity index (χ3n) is 4.54. The van der Waals surface area contributed by atoms with Crippen LogP contribution in [0.15, 0.2) is 30.0 Å². The number of nitrogens with two attached hydrogens (primary N) is 1. The number of carbonyl (C=O) groups excluding carboxylic acids is 2. The van der Waals surface area contributed by atoms with Crippen LogP contribution in [0.1, 0.15) is 30.9 Å². The summed E-state index contributed by atoms with van der Waals surface area (Å²) in [7, 11) is 1.36. The first-order chi connectivity index (χ1) is 12.8. The van der Waals surface area contributed by atoms with Crippen molar-refractivity contribution in [3.8, 4) is 6.07 Å². The molecular formula is C19H24FN5O2.